The number of carbonyl (C=O) groups excluding carboxylic acids is 1. The van der Waals surface area contributed by atoms with Crippen LogP contribution in [0.5, 0.6) is 0 Å². The number of amides is 1. The molecule has 0 aliphatic carbocycles. The van der Waals surface area contributed by atoms with Crippen molar-refractivity contribution in [3.8, 4) is 0 Å². The third-order valence-electron chi connectivity index (χ3n) is 2.56. The zero-order valence-electron chi connectivity index (χ0n) is 10.4. The molecular formula is C12H19BrN2O2. The van der Waals surface area contributed by atoms with Crippen LogP contribution in [-0.4, -0.2) is 28.2 Å². The van der Waals surface area contributed by atoms with E-state index in [2.05, 4.69) is 21.2 Å². The maximum Gasteiger partial charge on any atom is 0.267 e. The molecule has 5 heteroatoms. The second kappa shape index (κ2) is 6.21. The van der Waals surface area contributed by atoms with Crippen molar-refractivity contribution >= 4 is 21.8 Å². The largest absolute Gasteiger partial charge is 0.393 e. The summed E-state index contributed by atoms with van der Waals surface area (Å²) in [6, 6.07) is 1.79. The summed E-state index contributed by atoms with van der Waals surface area (Å²) in [5, 5.41) is 12.1. The molecule has 0 saturated heterocycles. The zero-order chi connectivity index (χ0) is 13.0. The third kappa shape index (κ3) is 4.52. The van der Waals surface area contributed by atoms with E-state index in [9.17, 15) is 9.90 Å². The van der Waals surface area contributed by atoms with E-state index in [4.69, 9.17) is 0 Å². The molecule has 0 aliphatic rings. The second-order valence-corrected chi connectivity index (χ2v) is 5.47. The van der Waals surface area contributed by atoms with Crippen molar-refractivity contribution in [2.24, 2.45) is 13.0 Å². The van der Waals surface area contributed by atoms with Gasteiger partial charge in [-0.25, -0.2) is 0 Å². The van der Waals surface area contributed by atoms with Crippen LogP contribution < -0.4 is 5.32 Å². The van der Waals surface area contributed by atoms with Crippen molar-refractivity contribution in [3.63, 3.8) is 0 Å². The topological polar surface area (TPSA) is 54.3 Å². The highest BCUT2D eigenvalue weighted by atomic mass is 79.9. The fourth-order valence-corrected chi connectivity index (χ4v) is 2.30. The molecule has 1 aromatic heterocycles. The van der Waals surface area contributed by atoms with Crippen LogP contribution in [0.1, 0.15) is 30.8 Å². The number of halogens is 1. The van der Waals surface area contributed by atoms with Crippen LogP contribution in [0.3, 0.4) is 0 Å². The Kier molecular flexibility index (Phi) is 5.21. The Morgan fingerprint density at radius 1 is 1.59 bits per heavy atom. The highest BCUT2D eigenvalue weighted by molar-refractivity contribution is 9.10. The van der Waals surface area contributed by atoms with Gasteiger partial charge in [0.2, 0.25) is 0 Å². The monoisotopic (exact) mass is 302 g/mol. The first-order valence-electron chi connectivity index (χ1n) is 5.68. The lowest BCUT2D eigenvalue weighted by Crippen LogP contribution is -2.30. The van der Waals surface area contributed by atoms with Crippen molar-refractivity contribution in [2.45, 2.75) is 26.4 Å². The molecule has 1 aromatic rings. The first-order valence-corrected chi connectivity index (χ1v) is 6.47. The molecule has 4 nitrogen and oxygen atoms in total. The molecule has 1 amide bonds. The van der Waals surface area contributed by atoms with Gasteiger partial charge in [0.15, 0.2) is 0 Å². The van der Waals surface area contributed by atoms with E-state index in [0.29, 0.717) is 18.7 Å². The summed E-state index contributed by atoms with van der Waals surface area (Å²) in [5.41, 5.74) is 0.626. The van der Waals surface area contributed by atoms with Crippen molar-refractivity contribution < 1.29 is 9.90 Å². The van der Waals surface area contributed by atoms with E-state index in [-0.39, 0.29) is 17.9 Å². The van der Waals surface area contributed by atoms with Gasteiger partial charge in [-0.05, 0) is 41.3 Å². The Balaban J connectivity index is 2.47. The highest BCUT2D eigenvalue weighted by Crippen LogP contribution is 2.13. The van der Waals surface area contributed by atoms with Gasteiger partial charge in [-0.2, -0.15) is 0 Å². The Bertz CT molecular complexity index is 388. The van der Waals surface area contributed by atoms with Crippen molar-refractivity contribution in [1.29, 1.82) is 0 Å². The maximum absolute atomic E-state index is 11.9. The van der Waals surface area contributed by atoms with Gasteiger partial charge < -0.3 is 15.0 Å². The van der Waals surface area contributed by atoms with Crippen LogP contribution >= 0.6 is 15.9 Å². The molecule has 0 aromatic carbocycles. The van der Waals surface area contributed by atoms with E-state index in [1.165, 1.54) is 0 Å². The lowest BCUT2D eigenvalue weighted by molar-refractivity contribution is 0.0931. The van der Waals surface area contributed by atoms with Crippen molar-refractivity contribution in [2.75, 3.05) is 6.54 Å². The minimum atomic E-state index is -0.328. The molecule has 0 spiro atoms. The Morgan fingerprint density at radius 2 is 2.24 bits per heavy atom. The predicted molar refractivity (Wildman–Crippen MR) is 70.9 cm³/mol. The fourth-order valence-electron chi connectivity index (χ4n) is 1.77. The Morgan fingerprint density at radius 3 is 2.71 bits per heavy atom. The molecule has 1 heterocycles. The van der Waals surface area contributed by atoms with Crippen molar-refractivity contribution in [3.05, 3.63) is 22.4 Å². The smallest absolute Gasteiger partial charge is 0.267 e. The zero-order valence-corrected chi connectivity index (χ0v) is 12.0. The number of aryl methyl sites for hydroxylation is 1. The van der Waals surface area contributed by atoms with Gasteiger partial charge in [-0.3, -0.25) is 4.79 Å². The second-order valence-electron chi connectivity index (χ2n) is 4.55. The normalized spacial score (nSPS) is 14.4. The molecule has 0 fully saturated rings. The van der Waals surface area contributed by atoms with Crippen LogP contribution in [0.15, 0.2) is 16.7 Å². The van der Waals surface area contributed by atoms with Crippen LogP contribution in [0.2, 0.25) is 0 Å². The van der Waals surface area contributed by atoms with Crippen molar-refractivity contribution in [1.82, 2.24) is 9.88 Å². The number of aliphatic hydroxyl groups excluding tert-OH is 1. The number of hydrogen-bond acceptors (Lipinski definition) is 2. The first-order chi connectivity index (χ1) is 7.90. The number of nitrogens with zero attached hydrogens (tertiary/aromatic N) is 1. The number of rotatable bonds is 5. The molecule has 17 heavy (non-hydrogen) atoms. The number of hydrogen-bond donors (Lipinski definition) is 2. The molecule has 0 bridgehead atoms. The lowest BCUT2D eigenvalue weighted by Gasteiger charge is -2.14. The number of nitrogens with one attached hydrogen (secondary N) is 1. The lowest BCUT2D eigenvalue weighted by atomic mass is 10.0. The third-order valence-corrected chi connectivity index (χ3v) is 2.99. The molecule has 1 rings (SSSR count). The first kappa shape index (κ1) is 14.3. The summed E-state index contributed by atoms with van der Waals surface area (Å²) in [6.07, 6.45) is 2.21. The average molecular weight is 303 g/mol. The molecule has 2 unspecified atom stereocenters. The summed E-state index contributed by atoms with van der Waals surface area (Å²) in [5.74, 6) is 0.179. The quantitative estimate of drug-likeness (QED) is 0.873. The maximum atomic E-state index is 11.9. The van der Waals surface area contributed by atoms with E-state index in [0.717, 1.165) is 4.47 Å². The van der Waals surface area contributed by atoms with Gasteiger partial charge in [0.25, 0.3) is 5.91 Å². The van der Waals surface area contributed by atoms with Gasteiger partial charge in [-0.1, -0.05) is 6.92 Å². The summed E-state index contributed by atoms with van der Waals surface area (Å²) in [6.45, 7) is 4.34. The minimum Gasteiger partial charge on any atom is -0.393 e. The molecular weight excluding hydrogens is 284 g/mol. The average Bonchev–Trinajstić information content (AvgIpc) is 2.53. The van der Waals surface area contributed by atoms with Gasteiger partial charge in [0.05, 0.1) is 6.10 Å². The van der Waals surface area contributed by atoms with Gasteiger partial charge in [0, 0.05) is 24.3 Å². The molecule has 96 valence electrons. The number of carbonyl (C=O) groups is 1. The fraction of sp³-hybridized carbons (Fsp3) is 0.583. The van der Waals surface area contributed by atoms with Crippen LogP contribution in [0.25, 0.3) is 0 Å². The molecule has 0 saturated carbocycles. The minimum absolute atomic E-state index is 0.0874. The molecule has 0 radical (unpaired) electrons. The van der Waals surface area contributed by atoms with E-state index >= 15 is 0 Å². The van der Waals surface area contributed by atoms with Gasteiger partial charge >= 0.3 is 0 Å². The van der Waals surface area contributed by atoms with E-state index < -0.39 is 0 Å². The van der Waals surface area contributed by atoms with E-state index in [1.807, 2.05) is 20.2 Å². The van der Waals surface area contributed by atoms with Crippen LogP contribution in [0, 0.1) is 5.92 Å². The van der Waals surface area contributed by atoms with Crippen LogP contribution in [0.4, 0.5) is 0 Å². The summed E-state index contributed by atoms with van der Waals surface area (Å²) >= 11 is 3.33. The summed E-state index contributed by atoms with van der Waals surface area (Å²) in [7, 11) is 1.83. The predicted octanol–water partition coefficient (Wildman–Crippen LogP) is 1.92. The summed E-state index contributed by atoms with van der Waals surface area (Å²) in [4.78, 5) is 11.9. The Labute approximate surface area is 110 Å². The van der Waals surface area contributed by atoms with Crippen LogP contribution in [-0.2, 0) is 7.05 Å². The number of aromatic nitrogens is 1. The number of aliphatic hydroxyl groups is 1. The van der Waals surface area contributed by atoms with E-state index in [1.54, 1.807) is 17.6 Å². The van der Waals surface area contributed by atoms with Gasteiger partial charge in [0.1, 0.15) is 5.69 Å². The molecule has 2 N–H and O–H groups in total. The molecule has 0 aliphatic heterocycles. The standard InChI is InChI=1S/C12H19BrN2O2/c1-8(4-9(2)16)6-14-12(17)11-5-10(13)7-15(11)3/h5,7-9,16H,4,6H2,1-3H3,(H,14,17). The highest BCUT2D eigenvalue weighted by Gasteiger charge is 2.12. The molecule has 2 atom stereocenters. The Hall–Kier alpha value is -0.810. The summed E-state index contributed by atoms with van der Waals surface area (Å²) < 4.78 is 2.67. The SMILES string of the molecule is CC(O)CC(C)CNC(=O)c1cc(Br)cn1C. The van der Waals surface area contributed by atoms with Gasteiger partial charge in [-0.15, -0.1) is 0 Å².